The van der Waals surface area contributed by atoms with E-state index < -0.39 is 0 Å². The van der Waals surface area contributed by atoms with Crippen LogP contribution in [-0.4, -0.2) is 27.8 Å². The van der Waals surface area contributed by atoms with Crippen LogP contribution in [0.4, 0.5) is 0 Å². The molecule has 5 nitrogen and oxygen atoms in total. The molecule has 1 amide bonds. The Bertz CT molecular complexity index is 680. The smallest absolute Gasteiger partial charge is 0.250 e. The van der Waals surface area contributed by atoms with Gasteiger partial charge in [0, 0.05) is 11.4 Å². The number of thioether (sulfide) groups is 1. The van der Waals surface area contributed by atoms with Gasteiger partial charge in [-0.2, -0.15) is 5.10 Å². The van der Waals surface area contributed by atoms with Gasteiger partial charge in [0.15, 0.2) is 5.16 Å². The highest BCUT2D eigenvalue weighted by Gasteiger charge is 2.05. The fourth-order valence-electron chi connectivity index (χ4n) is 1.85. The molecule has 0 atom stereocenters. The number of hydrazone groups is 1. The van der Waals surface area contributed by atoms with Gasteiger partial charge in [-0.15, -0.1) is 0 Å². The summed E-state index contributed by atoms with van der Waals surface area (Å²) in [7, 11) is 0. The molecule has 6 heteroatoms. The lowest BCUT2D eigenvalue weighted by Gasteiger charge is -2.02. The van der Waals surface area contributed by atoms with Crippen LogP contribution < -0.4 is 5.43 Å². The van der Waals surface area contributed by atoms with Crippen LogP contribution in [0.25, 0.3) is 0 Å². The Hall–Kier alpha value is -2.21. The van der Waals surface area contributed by atoms with Crippen molar-refractivity contribution in [2.45, 2.75) is 25.9 Å². The summed E-state index contributed by atoms with van der Waals surface area (Å²) in [6.45, 7) is 5.83. The van der Waals surface area contributed by atoms with Crippen molar-refractivity contribution in [3.63, 3.8) is 0 Å². The number of hydrogen-bond acceptors (Lipinski definition) is 5. The highest BCUT2D eigenvalue weighted by molar-refractivity contribution is 7.99. The molecule has 2 aromatic rings. The predicted molar refractivity (Wildman–Crippen MR) is 89.1 cm³/mol. The third-order valence-electron chi connectivity index (χ3n) is 2.74. The second-order valence-electron chi connectivity index (χ2n) is 4.93. The Labute approximate surface area is 134 Å². The molecule has 1 N–H and O–H groups in total. The van der Waals surface area contributed by atoms with Crippen LogP contribution in [0.2, 0.25) is 0 Å². The number of nitrogens with one attached hydrogen (secondary N) is 1. The molecule has 114 valence electrons. The molecule has 0 spiro atoms. The van der Waals surface area contributed by atoms with E-state index in [1.807, 2.05) is 51.1 Å². The van der Waals surface area contributed by atoms with Crippen LogP contribution in [0.15, 0.2) is 40.6 Å². The van der Waals surface area contributed by atoms with Crippen LogP contribution in [0.3, 0.4) is 0 Å². The van der Waals surface area contributed by atoms with E-state index in [4.69, 9.17) is 0 Å². The van der Waals surface area contributed by atoms with Crippen molar-refractivity contribution in [2.24, 2.45) is 5.10 Å². The lowest BCUT2D eigenvalue weighted by molar-refractivity contribution is -0.118. The van der Waals surface area contributed by atoms with Crippen molar-refractivity contribution in [1.29, 1.82) is 0 Å². The summed E-state index contributed by atoms with van der Waals surface area (Å²) in [6.07, 6.45) is 1.63. The number of benzene rings is 1. The number of aromatic nitrogens is 2. The van der Waals surface area contributed by atoms with E-state index in [1.165, 1.54) is 11.8 Å². The van der Waals surface area contributed by atoms with Crippen molar-refractivity contribution < 1.29 is 4.79 Å². The molecule has 0 aliphatic heterocycles. The summed E-state index contributed by atoms with van der Waals surface area (Å²) < 4.78 is 0. The van der Waals surface area contributed by atoms with E-state index in [1.54, 1.807) is 6.21 Å². The van der Waals surface area contributed by atoms with Crippen LogP contribution in [0.1, 0.15) is 22.5 Å². The maximum atomic E-state index is 11.7. The van der Waals surface area contributed by atoms with Gasteiger partial charge in [-0.1, -0.05) is 41.6 Å². The molecule has 0 bridgehead atoms. The maximum absolute atomic E-state index is 11.7. The van der Waals surface area contributed by atoms with Gasteiger partial charge in [-0.25, -0.2) is 15.4 Å². The van der Waals surface area contributed by atoms with E-state index in [2.05, 4.69) is 20.5 Å². The molecule has 1 aromatic heterocycles. The first-order valence-corrected chi connectivity index (χ1v) is 7.85. The van der Waals surface area contributed by atoms with Gasteiger partial charge in [0.2, 0.25) is 0 Å². The number of nitrogens with zero attached hydrogens (tertiary/aromatic N) is 3. The van der Waals surface area contributed by atoms with Gasteiger partial charge < -0.3 is 0 Å². The molecule has 0 saturated carbocycles. The molecule has 0 unspecified atom stereocenters. The molecule has 0 aliphatic rings. The number of rotatable bonds is 5. The normalized spacial score (nSPS) is 10.9. The Morgan fingerprint density at radius 1 is 1.23 bits per heavy atom. The quantitative estimate of drug-likeness (QED) is 0.399. The third-order valence-corrected chi connectivity index (χ3v) is 3.59. The topological polar surface area (TPSA) is 67.2 Å². The molecule has 2 rings (SSSR count). The number of carbonyl (C=O) groups excluding carboxylic acids is 1. The third kappa shape index (κ3) is 5.29. The standard InChI is InChI=1S/C16H18N4OS/c1-11-5-4-6-14(7-11)9-17-20-15(21)10-22-16-18-12(2)8-13(3)19-16/h4-9H,10H2,1-3H3,(H,20,21)/b17-9-. The zero-order valence-corrected chi connectivity index (χ0v) is 13.6. The highest BCUT2D eigenvalue weighted by Crippen LogP contribution is 2.13. The maximum Gasteiger partial charge on any atom is 0.250 e. The van der Waals surface area contributed by atoms with Crippen LogP contribution in [0.5, 0.6) is 0 Å². The summed E-state index contributed by atoms with van der Waals surface area (Å²) in [5.41, 5.74) is 6.40. The Morgan fingerprint density at radius 3 is 2.64 bits per heavy atom. The largest absolute Gasteiger partial charge is 0.272 e. The first-order chi connectivity index (χ1) is 10.5. The number of amides is 1. The van der Waals surface area contributed by atoms with Crippen LogP contribution in [0, 0.1) is 20.8 Å². The summed E-state index contributed by atoms with van der Waals surface area (Å²) in [4.78, 5) is 20.3. The van der Waals surface area contributed by atoms with Gasteiger partial charge in [-0.05, 0) is 32.4 Å². The highest BCUT2D eigenvalue weighted by atomic mass is 32.2. The number of hydrogen-bond donors (Lipinski definition) is 1. The molecule has 22 heavy (non-hydrogen) atoms. The minimum Gasteiger partial charge on any atom is -0.272 e. The monoisotopic (exact) mass is 314 g/mol. The van der Waals surface area contributed by atoms with Crippen molar-refractivity contribution in [1.82, 2.24) is 15.4 Å². The molecular weight excluding hydrogens is 296 g/mol. The lowest BCUT2D eigenvalue weighted by atomic mass is 10.2. The molecule has 0 radical (unpaired) electrons. The minimum absolute atomic E-state index is 0.184. The predicted octanol–water partition coefficient (Wildman–Crippen LogP) is 2.64. The van der Waals surface area contributed by atoms with E-state index in [0.717, 1.165) is 22.5 Å². The van der Waals surface area contributed by atoms with E-state index in [0.29, 0.717) is 5.16 Å². The second kappa shape index (κ2) is 7.70. The van der Waals surface area contributed by atoms with Crippen molar-refractivity contribution in [2.75, 3.05) is 5.75 Å². The van der Waals surface area contributed by atoms with Crippen molar-refractivity contribution in [3.05, 3.63) is 52.8 Å². The lowest BCUT2D eigenvalue weighted by Crippen LogP contribution is -2.19. The Kier molecular flexibility index (Phi) is 5.66. The van der Waals surface area contributed by atoms with Crippen molar-refractivity contribution >= 4 is 23.9 Å². The van der Waals surface area contributed by atoms with Crippen LogP contribution in [-0.2, 0) is 4.79 Å². The number of aryl methyl sites for hydroxylation is 3. The van der Waals surface area contributed by atoms with Gasteiger partial charge in [0.05, 0.1) is 12.0 Å². The molecule has 1 aromatic carbocycles. The average molecular weight is 314 g/mol. The van der Waals surface area contributed by atoms with Gasteiger partial charge in [-0.3, -0.25) is 4.79 Å². The van der Waals surface area contributed by atoms with Crippen LogP contribution >= 0.6 is 11.8 Å². The first-order valence-electron chi connectivity index (χ1n) is 6.86. The molecule has 1 heterocycles. The van der Waals surface area contributed by atoms with Gasteiger partial charge in [0.25, 0.3) is 5.91 Å². The summed E-state index contributed by atoms with van der Waals surface area (Å²) >= 11 is 1.30. The fraction of sp³-hybridized carbons (Fsp3) is 0.250. The first kappa shape index (κ1) is 16.2. The average Bonchev–Trinajstić information content (AvgIpc) is 2.44. The minimum atomic E-state index is -0.184. The number of carbonyl (C=O) groups is 1. The molecule has 0 fully saturated rings. The van der Waals surface area contributed by atoms with E-state index >= 15 is 0 Å². The SMILES string of the molecule is Cc1cccc(/C=N\NC(=O)CSc2nc(C)cc(C)n2)c1. The summed E-state index contributed by atoms with van der Waals surface area (Å²) in [6, 6.07) is 9.78. The van der Waals surface area contributed by atoms with Crippen molar-refractivity contribution in [3.8, 4) is 0 Å². The zero-order chi connectivity index (χ0) is 15.9. The zero-order valence-electron chi connectivity index (χ0n) is 12.8. The molecular formula is C16H18N4OS. The fourth-order valence-corrected chi connectivity index (χ4v) is 2.59. The summed E-state index contributed by atoms with van der Waals surface area (Å²) in [5, 5.41) is 4.56. The Morgan fingerprint density at radius 2 is 1.95 bits per heavy atom. The van der Waals surface area contributed by atoms with Gasteiger partial charge in [0.1, 0.15) is 0 Å². The van der Waals surface area contributed by atoms with E-state index in [-0.39, 0.29) is 11.7 Å². The van der Waals surface area contributed by atoms with Gasteiger partial charge >= 0.3 is 0 Å². The molecule has 0 saturated heterocycles. The van der Waals surface area contributed by atoms with E-state index in [9.17, 15) is 4.79 Å². The molecule has 0 aliphatic carbocycles. The Balaban J connectivity index is 1.83. The summed E-state index contributed by atoms with van der Waals surface area (Å²) in [5.74, 6) is 0.0466. The second-order valence-corrected chi connectivity index (χ2v) is 5.87.